The molecule has 3 heteroatoms. The van der Waals surface area contributed by atoms with Gasteiger partial charge in [0.05, 0.1) is 12.5 Å². The molecule has 17 heavy (non-hydrogen) atoms. The molecule has 1 aromatic rings. The van der Waals surface area contributed by atoms with Gasteiger partial charge >= 0.3 is 0 Å². The molecule has 0 aliphatic rings. The van der Waals surface area contributed by atoms with Crippen molar-refractivity contribution in [1.29, 1.82) is 0 Å². The highest BCUT2D eigenvalue weighted by Gasteiger charge is 2.29. The van der Waals surface area contributed by atoms with Crippen LogP contribution in [-0.4, -0.2) is 19.6 Å². The lowest BCUT2D eigenvalue weighted by Crippen LogP contribution is -2.40. The Morgan fingerprint density at radius 3 is 2.35 bits per heavy atom. The predicted molar refractivity (Wildman–Crippen MR) is 69.3 cm³/mol. The van der Waals surface area contributed by atoms with E-state index in [1.54, 1.807) is 7.11 Å². The zero-order valence-electron chi connectivity index (χ0n) is 11.0. The van der Waals surface area contributed by atoms with Crippen LogP contribution in [0.4, 0.5) is 0 Å². The topological polar surface area (TPSA) is 38.3 Å². The van der Waals surface area contributed by atoms with Crippen LogP contribution in [-0.2, 0) is 10.2 Å². The second-order valence-electron chi connectivity index (χ2n) is 4.61. The Morgan fingerprint density at radius 2 is 1.88 bits per heavy atom. The van der Waals surface area contributed by atoms with Crippen LogP contribution in [0.1, 0.15) is 32.8 Å². The summed E-state index contributed by atoms with van der Waals surface area (Å²) in [5.41, 5.74) is 0.480. The first-order valence-electron chi connectivity index (χ1n) is 5.95. The molecule has 0 bridgehead atoms. The fourth-order valence-corrected chi connectivity index (χ4v) is 1.60. The Morgan fingerprint density at radius 1 is 1.29 bits per heavy atom. The van der Waals surface area contributed by atoms with E-state index < -0.39 is 5.41 Å². The third-order valence-electron chi connectivity index (χ3n) is 2.91. The van der Waals surface area contributed by atoms with Crippen molar-refractivity contribution in [3.63, 3.8) is 0 Å². The molecule has 0 fully saturated rings. The number of benzene rings is 1. The summed E-state index contributed by atoms with van der Waals surface area (Å²) < 4.78 is 5.11. The highest BCUT2D eigenvalue weighted by atomic mass is 16.5. The minimum Gasteiger partial charge on any atom is -0.497 e. The van der Waals surface area contributed by atoms with Gasteiger partial charge in [-0.1, -0.05) is 19.1 Å². The number of amides is 1. The van der Waals surface area contributed by atoms with Crippen molar-refractivity contribution in [1.82, 2.24) is 5.32 Å². The van der Waals surface area contributed by atoms with E-state index in [0.29, 0.717) is 0 Å². The maximum absolute atomic E-state index is 12.0. The summed E-state index contributed by atoms with van der Waals surface area (Å²) in [5, 5.41) is 2.93. The standard InChI is InChI=1S/C14H21NO2/c1-5-10-15-13(16)14(2,3)11-6-8-12(17-4)9-7-11/h6-9H,5,10H2,1-4H3,(H,15,16). The number of carbonyl (C=O) groups is 1. The van der Waals surface area contributed by atoms with Crippen molar-refractivity contribution in [3.05, 3.63) is 29.8 Å². The molecular formula is C14H21NO2. The van der Waals surface area contributed by atoms with Crippen molar-refractivity contribution in [2.24, 2.45) is 0 Å². The van der Waals surface area contributed by atoms with Crippen LogP contribution in [0, 0.1) is 0 Å². The molecule has 1 aromatic carbocycles. The van der Waals surface area contributed by atoms with Gasteiger partial charge in [-0.15, -0.1) is 0 Å². The van der Waals surface area contributed by atoms with E-state index in [9.17, 15) is 4.79 Å². The van der Waals surface area contributed by atoms with Gasteiger partial charge in [0, 0.05) is 6.54 Å². The highest BCUT2D eigenvalue weighted by Crippen LogP contribution is 2.25. The maximum Gasteiger partial charge on any atom is 0.230 e. The normalized spacial score (nSPS) is 11.1. The molecule has 0 aromatic heterocycles. The Balaban J connectivity index is 2.83. The van der Waals surface area contributed by atoms with E-state index in [1.807, 2.05) is 45.0 Å². The largest absolute Gasteiger partial charge is 0.497 e. The van der Waals surface area contributed by atoms with E-state index in [1.165, 1.54) is 0 Å². The van der Waals surface area contributed by atoms with E-state index in [2.05, 4.69) is 5.32 Å². The summed E-state index contributed by atoms with van der Waals surface area (Å²) in [7, 11) is 1.63. The Labute approximate surface area is 103 Å². The lowest BCUT2D eigenvalue weighted by Gasteiger charge is -2.24. The van der Waals surface area contributed by atoms with Crippen LogP contribution in [0.15, 0.2) is 24.3 Å². The van der Waals surface area contributed by atoms with Crippen LogP contribution in [0.3, 0.4) is 0 Å². The average molecular weight is 235 g/mol. The van der Waals surface area contributed by atoms with E-state index >= 15 is 0 Å². The zero-order chi connectivity index (χ0) is 12.9. The summed E-state index contributed by atoms with van der Waals surface area (Å²) in [4.78, 5) is 12.0. The predicted octanol–water partition coefficient (Wildman–Crippen LogP) is 2.50. The first-order valence-corrected chi connectivity index (χ1v) is 5.95. The van der Waals surface area contributed by atoms with Gasteiger partial charge in [0.2, 0.25) is 5.91 Å². The molecule has 0 aliphatic carbocycles. The van der Waals surface area contributed by atoms with Crippen molar-refractivity contribution >= 4 is 5.91 Å². The minimum atomic E-state index is -0.512. The third kappa shape index (κ3) is 3.22. The molecular weight excluding hydrogens is 214 g/mol. The highest BCUT2D eigenvalue weighted by molar-refractivity contribution is 5.87. The van der Waals surface area contributed by atoms with Crippen molar-refractivity contribution < 1.29 is 9.53 Å². The molecule has 1 N–H and O–H groups in total. The maximum atomic E-state index is 12.0. The smallest absolute Gasteiger partial charge is 0.230 e. The van der Waals surface area contributed by atoms with Crippen LogP contribution >= 0.6 is 0 Å². The fraction of sp³-hybridized carbons (Fsp3) is 0.500. The average Bonchev–Trinajstić information content (AvgIpc) is 2.35. The number of nitrogens with one attached hydrogen (secondary N) is 1. The number of carbonyl (C=O) groups excluding carboxylic acids is 1. The second-order valence-corrected chi connectivity index (χ2v) is 4.61. The van der Waals surface area contributed by atoms with Crippen LogP contribution < -0.4 is 10.1 Å². The molecule has 1 rings (SSSR count). The first-order chi connectivity index (χ1) is 8.02. The molecule has 1 amide bonds. The molecule has 0 radical (unpaired) electrons. The Hall–Kier alpha value is -1.51. The fourth-order valence-electron chi connectivity index (χ4n) is 1.60. The Bertz CT molecular complexity index is 368. The monoisotopic (exact) mass is 235 g/mol. The van der Waals surface area contributed by atoms with Gasteiger partial charge in [-0.2, -0.15) is 0 Å². The van der Waals surface area contributed by atoms with E-state index in [4.69, 9.17) is 4.74 Å². The minimum absolute atomic E-state index is 0.0597. The van der Waals surface area contributed by atoms with Crippen molar-refractivity contribution in [2.75, 3.05) is 13.7 Å². The Kier molecular flexibility index (Phi) is 4.55. The number of methoxy groups -OCH3 is 1. The van der Waals surface area contributed by atoms with Crippen molar-refractivity contribution in [3.8, 4) is 5.75 Å². The third-order valence-corrected chi connectivity index (χ3v) is 2.91. The molecule has 3 nitrogen and oxygen atoms in total. The summed E-state index contributed by atoms with van der Waals surface area (Å²) in [6, 6.07) is 7.63. The number of rotatable bonds is 5. The van der Waals surface area contributed by atoms with Gasteiger partial charge in [-0.3, -0.25) is 4.79 Å². The molecule has 0 unspecified atom stereocenters. The van der Waals surface area contributed by atoms with E-state index in [0.717, 1.165) is 24.3 Å². The lowest BCUT2D eigenvalue weighted by molar-refractivity contribution is -0.125. The number of hydrogen-bond acceptors (Lipinski definition) is 2. The van der Waals surface area contributed by atoms with Gasteiger partial charge in [0.25, 0.3) is 0 Å². The molecule has 0 saturated carbocycles. The summed E-state index contributed by atoms with van der Waals surface area (Å²) >= 11 is 0. The molecule has 94 valence electrons. The van der Waals surface area contributed by atoms with Gasteiger partial charge < -0.3 is 10.1 Å². The lowest BCUT2D eigenvalue weighted by atomic mass is 9.83. The number of ether oxygens (including phenoxy) is 1. The summed E-state index contributed by atoms with van der Waals surface area (Å²) in [5.74, 6) is 0.864. The van der Waals surface area contributed by atoms with Crippen LogP contribution in [0.25, 0.3) is 0 Å². The van der Waals surface area contributed by atoms with Crippen molar-refractivity contribution in [2.45, 2.75) is 32.6 Å². The summed E-state index contributed by atoms with van der Waals surface area (Å²) in [6.45, 7) is 6.62. The summed E-state index contributed by atoms with van der Waals surface area (Å²) in [6.07, 6.45) is 0.949. The zero-order valence-corrected chi connectivity index (χ0v) is 11.0. The van der Waals surface area contributed by atoms with Gasteiger partial charge in [-0.05, 0) is 38.0 Å². The first kappa shape index (κ1) is 13.6. The molecule has 0 atom stereocenters. The number of hydrogen-bond donors (Lipinski definition) is 1. The van der Waals surface area contributed by atoms with Gasteiger partial charge in [0.1, 0.15) is 5.75 Å². The van der Waals surface area contributed by atoms with E-state index in [-0.39, 0.29) is 5.91 Å². The SMILES string of the molecule is CCCNC(=O)C(C)(C)c1ccc(OC)cc1. The van der Waals surface area contributed by atoms with Gasteiger partial charge in [0.15, 0.2) is 0 Å². The molecule has 0 heterocycles. The molecule has 0 saturated heterocycles. The quantitative estimate of drug-likeness (QED) is 0.851. The van der Waals surface area contributed by atoms with Crippen LogP contribution in [0.2, 0.25) is 0 Å². The second kappa shape index (κ2) is 5.71. The molecule has 0 spiro atoms. The molecule has 0 aliphatic heterocycles. The van der Waals surface area contributed by atoms with Gasteiger partial charge in [-0.25, -0.2) is 0 Å². The van der Waals surface area contributed by atoms with Crippen LogP contribution in [0.5, 0.6) is 5.75 Å².